The molecule has 0 radical (unpaired) electrons. The molecule has 4 atom stereocenters. The standard InChI is InChI=1S/C54H103NO5/c1-3-5-7-9-11-13-15-17-19-21-23-25-26-27-28-30-32-34-36-38-40-42-44-46-48-52(58)54(60)55-50(49-56)53(59)51(57)47-45-43-41-39-37-35-33-31-29-24-22-20-18-16-14-12-10-8-6-4-2/h20,22,31,33,39,41,50-53,56-59H,3-19,21,23-30,32,34-38,40,42-49H2,1-2H3,(H,55,60)/b22-20+,33-31+,41-39+. The van der Waals surface area contributed by atoms with E-state index in [9.17, 15) is 25.2 Å². The van der Waals surface area contributed by atoms with Crippen molar-refractivity contribution in [1.82, 2.24) is 5.32 Å². The van der Waals surface area contributed by atoms with Crippen LogP contribution >= 0.6 is 0 Å². The van der Waals surface area contributed by atoms with Crippen LogP contribution in [0.3, 0.4) is 0 Å². The Labute approximate surface area is 373 Å². The van der Waals surface area contributed by atoms with Crippen molar-refractivity contribution < 1.29 is 25.2 Å². The maximum atomic E-state index is 12.6. The summed E-state index contributed by atoms with van der Waals surface area (Å²) in [5.74, 6) is -0.596. The maximum absolute atomic E-state index is 12.6. The summed E-state index contributed by atoms with van der Waals surface area (Å²) in [4.78, 5) is 12.6. The molecular formula is C54H103NO5. The molecule has 6 heteroatoms. The molecule has 0 heterocycles. The van der Waals surface area contributed by atoms with Gasteiger partial charge in [0.15, 0.2) is 0 Å². The molecule has 0 aromatic carbocycles. The van der Waals surface area contributed by atoms with E-state index in [-0.39, 0.29) is 0 Å². The summed E-state index contributed by atoms with van der Waals surface area (Å²) < 4.78 is 0. The van der Waals surface area contributed by atoms with Crippen molar-refractivity contribution in [2.24, 2.45) is 0 Å². The van der Waals surface area contributed by atoms with Gasteiger partial charge in [0.2, 0.25) is 5.91 Å². The van der Waals surface area contributed by atoms with E-state index in [1.807, 2.05) is 0 Å². The van der Waals surface area contributed by atoms with Gasteiger partial charge in [-0.3, -0.25) is 4.79 Å². The number of nitrogens with one attached hydrogen (secondary N) is 1. The lowest BCUT2D eigenvalue weighted by Gasteiger charge is -2.27. The number of hydrogen-bond acceptors (Lipinski definition) is 5. The molecule has 0 saturated heterocycles. The molecule has 0 spiro atoms. The molecule has 60 heavy (non-hydrogen) atoms. The van der Waals surface area contributed by atoms with Gasteiger partial charge in [-0.25, -0.2) is 0 Å². The quantitative estimate of drug-likeness (QED) is 0.0309. The predicted molar refractivity (Wildman–Crippen MR) is 260 cm³/mol. The summed E-state index contributed by atoms with van der Waals surface area (Å²) in [6, 6.07) is -1.01. The molecule has 354 valence electrons. The minimum absolute atomic E-state index is 0.362. The van der Waals surface area contributed by atoms with Gasteiger partial charge in [0.1, 0.15) is 12.2 Å². The molecule has 0 rings (SSSR count). The van der Waals surface area contributed by atoms with Gasteiger partial charge >= 0.3 is 0 Å². The Balaban J connectivity index is 3.71. The van der Waals surface area contributed by atoms with Crippen molar-refractivity contribution in [3.05, 3.63) is 36.5 Å². The lowest BCUT2D eigenvalue weighted by Crippen LogP contribution is -2.53. The third kappa shape index (κ3) is 41.9. The third-order valence-corrected chi connectivity index (χ3v) is 12.3. The topological polar surface area (TPSA) is 110 Å². The number of hydrogen-bond donors (Lipinski definition) is 5. The first-order valence-electron chi connectivity index (χ1n) is 26.4. The van der Waals surface area contributed by atoms with E-state index in [2.05, 4.69) is 55.6 Å². The highest BCUT2D eigenvalue weighted by atomic mass is 16.3. The van der Waals surface area contributed by atoms with Gasteiger partial charge in [-0.2, -0.15) is 0 Å². The molecule has 0 aliphatic rings. The molecule has 0 aliphatic heterocycles. The van der Waals surface area contributed by atoms with Gasteiger partial charge in [-0.1, -0.05) is 243 Å². The van der Waals surface area contributed by atoms with Gasteiger partial charge in [0.25, 0.3) is 0 Å². The second-order valence-corrected chi connectivity index (χ2v) is 18.2. The highest BCUT2D eigenvalue weighted by Gasteiger charge is 2.28. The maximum Gasteiger partial charge on any atom is 0.249 e. The second kappa shape index (κ2) is 48.6. The summed E-state index contributed by atoms with van der Waals surface area (Å²) in [7, 11) is 0. The molecule has 1 amide bonds. The number of aliphatic hydroxyl groups is 4. The fourth-order valence-corrected chi connectivity index (χ4v) is 8.14. The number of rotatable bonds is 48. The fourth-order valence-electron chi connectivity index (χ4n) is 8.14. The van der Waals surface area contributed by atoms with Crippen molar-refractivity contribution in [3.63, 3.8) is 0 Å². The average molecular weight is 846 g/mol. The molecule has 0 saturated carbocycles. The SMILES string of the molecule is CCCCCCCCC/C=C/CC/C=C/CC/C=C/CCCC(O)C(O)C(CO)NC(=O)C(O)CCCCCCCCCCCCCCCCCCCCCCCCCC. The fraction of sp³-hybridized carbons (Fsp3) is 0.870. The smallest absolute Gasteiger partial charge is 0.249 e. The largest absolute Gasteiger partial charge is 0.394 e. The minimum Gasteiger partial charge on any atom is -0.394 e. The molecular weight excluding hydrogens is 743 g/mol. The van der Waals surface area contributed by atoms with Crippen LogP contribution < -0.4 is 5.32 Å². The van der Waals surface area contributed by atoms with Gasteiger partial charge < -0.3 is 25.7 Å². The van der Waals surface area contributed by atoms with Crippen LogP contribution in [0.1, 0.15) is 271 Å². The van der Waals surface area contributed by atoms with E-state index in [1.54, 1.807) is 0 Å². The first-order valence-corrected chi connectivity index (χ1v) is 26.4. The normalized spacial score (nSPS) is 14.2. The summed E-state index contributed by atoms with van der Waals surface area (Å²) in [5, 5.41) is 43.9. The molecule has 0 fully saturated rings. The van der Waals surface area contributed by atoms with Crippen molar-refractivity contribution in [2.45, 2.75) is 295 Å². The average Bonchev–Trinajstić information content (AvgIpc) is 3.25. The number of carbonyl (C=O) groups is 1. The van der Waals surface area contributed by atoms with E-state index in [4.69, 9.17) is 0 Å². The Bertz CT molecular complexity index is 950. The van der Waals surface area contributed by atoms with Crippen LogP contribution in [0, 0.1) is 0 Å². The number of allylic oxidation sites excluding steroid dienone is 6. The summed E-state index contributed by atoms with van der Waals surface area (Å²) >= 11 is 0. The highest BCUT2D eigenvalue weighted by molar-refractivity contribution is 5.80. The molecule has 4 unspecified atom stereocenters. The molecule has 5 N–H and O–H groups in total. The summed E-state index contributed by atoms with van der Waals surface area (Å²) in [5.41, 5.74) is 0. The van der Waals surface area contributed by atoms with E-state index in [1.165, 1.54) is 186 Å². The molecule has 0 bridgehead atoms. The minimum atomic E-state index is -1.29. The van der Waals surface area contributed by atoms with Crippen molar-refractivity contribution in [1.29, 1.82) is 0 Å². The van der Waals surface area contributed by atoms with E-state index >= 15 is 0 Å². The Morgan fingerprint density at radius 1 is 0.400 bits per heavy atom. The van der Waals surface area contributed by atoms with Crippen LogP contribution in [-0.4, -0.2) is 57.3 Å². The van der Waals surface area contributed by atoms with E-state index in [0.29, 0.717) is 19.3 Å². The number of unbranched alkanes of at least 4 members (excludes halogenated alkanes) is 33. The summed E-state index contributed by atoms with van der Waals surface area (Å²) in [6.45, 7) is 4.05. The second-order valence-electron chi connectivity index (χ2n) is 18.2. The van der Waals surface area contributed by atoms with Gasteiger partial charge in [0, 0.05) is 0 Å². The van der Waals surface area contributed by atoms with Crippen molar-refractivity contribution >= 4 is 5.91 Å². The number of carbonyl (C=O) groups excluding carboxylic acids is 1. The van der Waals surface area contributed by atoms with Crippen molar-refractivity contribution in [3.8, 4) is 0 Å². The van der Waals surface area contributed by atoms with Crippen LogP contribution in [0.15, 0.2) is 36.5 Å². The number of amides is 1. The van der Waals surface area contributed by atoms with Gasteiger partial charge in [-0.15, -0.1) is 0 Å². The lowest BCUT2D eigenvalue weighted by molar-refractivity contribution is -0.132. The van der Waals surface area contributed by atoms with E-state index in [0.717, 1.165) is 51.4 Å². The summed E-state index contributed by atoms with van der Waals surface area (Å²) in [6.07, 6.45) is 59.1. The predicted octanol–water partition coefficient (Wildman–Crippen LogP) is 14.9. The molecule has 6 nitrogen and oxygen atoms in total. The first kappa shape index (κ1) is 58.5. The zero-order chi connectivity index (χ0) is 43.8. The Hall–Kier alpha value is -1.47. The first-order chi connectivity index (χ1) is 29.5. The van der Waals surface area contributed by atoms with Crippen LogP contribution in [0.25, 0.3) is 0 Å². The zero-order valence-electron chi connectivity index (χ0n) is 40.0. The zero-order valence-corrected chi connectivity index (χ0v) is 40.0. The Kier molecular flexibility index (Phi) is 47.4. The monoisotopic (exact) mass is 846 g/mol. The molecule has 0 aromatic rings. The highest BCUT2D eigenvalue weighted by Crippen LogP contribution is 2.17. The van der Waals surface area contributed by atoms with Crippen LogP contribution in [0.2, 0.25) is 0 Å². The van der Waals surface area contributed by atoms with Crippen molar-refractivity contribution in [2.75, 3.05) is 6.61 Å². The Morgan fingerprint density at radius 3 is 1.05 bits per heavy atom. The Morgan fingerprint density at radius 2 is 0.700 bits per heavy atom. The van der Waals surface area contributed by atoms with Crippen LogP contribution in [0.5, 0.6) is 0 Å². The number of aliphatic hydroxyl groups excluding tert-OH is 4. The van der Waals surface area contributed by atoms with Gasteiger partial charge in [-0.05, 0) is 64.2 Å². The lowest BCUT2D eigenvalue weighted by atomic mass is 10.00. The molecule has 0 aromatic heterocycles. The van der Waals surface area contributed by atoms with E-state index < -0.39 is 36.9 Å². The van der Waals surface area contributed by atoms with Gasteiger partial charge in [0.05, 0.1) is 18.8 Å². The third-order valence-electron chi connectivity index (χ3n) is 12.3. The van der Waals surface area contributed by atoms with Crippen LogP contribution in [-0.2, 0) is 4.79 Å². The van der Waals surface area contributed by atoms with Crippen LogP contribution in [0.4, 0.5) is 0 Å². The molecule has 0 aliphatic carbocycles.